The van der Waals surface area contributed by atoms with E-state index in [2.05, 4.69) is 11.3 Å². The molecule has 0 radical (unpaired) electrons. The molecule has 0 aliphatic rings. The summed E-state index contributed by atoms with van der Waals surface area (Å²) in [4.78, 5) is 58.1. The fourth-order valence-electron chi connectivity index (χ4n) is 3.14. The van der Waals surface area contributed by atoms with E-state index in [0.717, 1.165) is 12.5 Å². The van der Waals surface area contributed by atoms with E-state index in [1.165, 1.54) is 43.3 Å². The van der Waals surface area contributed by atoms with Crippen LogP contribution in [0.3, 0.4) is 0 Å². The van der Waals surface area contributed by atoms with Crippen LogP contribution in [0.2, 0.25) is 0 Å². The smallest absolute Gasteiger partial charge is 0.377 e. The van der Waals surface area contributed by atoms with Gasteiger partial charge in [-0.05, 0) is 73.2 Å². The van der Waals surface area contributed by atoms with Crippen LogP contribution in [-0.4, -0.2) is 49.9 Å². The third-order valence-electron chi connectivity index (χ3n) is 5.40. The first-order chi connectivity index (χ1) is 20.1. The summed E-state index contributed by atoms with van der Waals surface area (Å²) < 4.78 is 30.7. The summed E-state index contributed by atoms with van der Waals surface area (Å²) >= 11 is 0. The average Bonchev–Trinajstić information content (AvgIpc) is 2.98. The van der Waals surface area contributed by atoms with Crippen molar-refractivity contribution in [2.24, 2.45) is 0 Å². The van der Waals surface area contributed by atoms with Gasteiger partial charge in [-0.3, -0.25) is 4.79 Å². The number of Topliss-reactive ketones (excluding diaryl/α,β-unsaturated/α-hetero) is 1. The molecule has 3 rings (SSSR count). The fraction of sp³-hybridized carbons (Fsp3) is 0.194. The molecule has 0 aliphatic heterocycles. The predicted octanol–water partition coefficient (Wildman–Crippen LogP) is 4.23. The van der Waals surface area contributed by atoms with E-state index < -0.39 is 36.5 Å². The lowest BCUT2D eigenvalue weighted by atomic mass is 10.1. The first kappa shape index (κ1) is 31.1. The van der Waals surface area contributed by atoms with Gasteiger partial charge in [0, 0.05) is 18.9 Å². The molecule has 0 aromatic heterocycles. The molecule has 218 valence electrons. The van der Waals surface area contributed by atoms with Crippen LogP contribution in [0.1, 0.15) is 40.1 Å². The Balaban J connectivity index is 1.39. The Morgan fingerprint density at radius 3 is 1.57 bits per heavy atom. The van der Waals surface area contributed by atoms with Gasteiger partial charge in [0.2, 0.25) is 19.4 Å². The van der Waals surface area contributed by atoms with Gasteiger partial charge in [0.25, 0.3) is 0 Å². The fourth-order valence-corrected chi connectivity index (χ4v) is 3.14. The Hall–Kier alpha value is -5.45. The molecule has 42 heavy (non-hydrogen) atoms. The highest BCUT2D eigenvalue weighted by atomic mass is 16.7. The van der Waals surface area contributed by atoms with Crippen molar-refractivity contribution in [2.75, 3.05) is 20.2 Å². The van der Waals surface area contributed by atoms with Gasteiger partial charge >= 0.3 is 23.9 Å². The van der Waals surface area contributed by atoms with Gasteiger partial charge in [0.1, 0.15) is 17.2 Å². The van der Waals surface area contributed by atoms with E-state index >= 15 is 0 Å². The zero-order valence-corrected chi connectivity index (χ0v) is 23.0. The van der Waals surface area contributed by atoms with Gasteiger partial charge in [-0.2, -0.15) is 0 Å². The van der Waals surface area contributed by atoms with E-state index in [9.17, 15) is 24.0 Å². The second kappa shape index (κ2) is 15.4. The van der Waals surface area contributed by atoms with Crippen molar-refractivity contribution in [1.82, 2.24) is 0 Å². The zero-order valence-electron chi connectivity index (χ0n) is 23.0. The quantitative estimate of drug-likeness (QED) is 0.0680. The average molecular weight is 577 g/mol. The van der Waals surface area contributed by atoms with Crippen molar-refractivity contribution in [3.05, 3.63) is 102 Å². The van der Waals surface area contributed by atoms with Gasteiger partial charge in [-0.1, -0.05) is 18.7 Å². The Kier molecular flexibility index (Phi) is 11.4. The maximum absolute atomic E-state index is 12.5. The lowest BCUT2D eigenvalue weighted by Gasteiger charge is -2.09. The number of ketones is 1. The van der Waals surface area contributed by atoms with Crippen molar-refractivity contribution in [3.8, 4) is 17.2 Å². The van der Waals surface area contributed by atoms with E-state index in [0.29, 0.717) is 34.8 Å². The Morgan fingerprint density at radius 1 is 0.595 bits per heavy atom. The number of esters is 4. The van der Waals surface area contributed by atoms with Crippen LogP contribution in [0.15, 0.2) is 84.9 Å². The van der Waals surface area contributed by atoms with Gasteiger partial charge < -0.3 is 28.4 Å². The standard InChI is InChI=1S/C31H28O11/c1-20(2)28(33)40-18-38-26-14-8-24(9-15-26)31(36)42-27-10-4-22(5-11-27)16-17-37-30(35)23-6-12-25(13-7-23)39-19-41-29(34)21(3)32/h4-15H,1,16-19H2,2-3H3. The highest BCUT2D eigenvalue weighted by molar-refractivity contribution is 6.32. The number of ether oxygens (including phenoxy) is 6. The zero-order chi connectivity index (χ0) is 30.5. The Morgan fingerprint density at radius 2 is 1.07 bits per heavy atom. The summed E-state index contributed by atoms with van der Waals surface area (Å²) in [5, 5.41) is 0. The molecule has 0 saturated carbocycles. The van der Waals surface area contributed by atoms with Gasteiger partial charge in [0.15, 0.2) is 0 Å². The van der Waals surface area contributed by atoms with Crippen LogP contribution >= 0.6 is 0 Å². The largest absolute Gasteiger partial charge is 0.462 e. The van der Waals surface area contributed by atoms with Gasteiger partial charge in [-0.25, -0.2) is 19.2 Å². The summed E-state index contributed by atoms with van der Waals surface area (Å²) in [7, 11) is 0. The monoisotopic (exact) mass is 576 g/mol. The van der Waals surface area contributed by atoms with E-state index in [4.69, 9.17) is 23.7 Å². The van der Waals surface area contributed by atoms with E-state index in [1.807, 2.05) is 0 Å². The van der Waals surface area contributed by atoms with Crippen molar-refractivity contribution >= 4 is 29.7 Å². The Bertz CT molecular complexity index is 1420. The second-order valence-corrected chi connectivity index (χ2v) is 8.69. The molecule has 0 amide bonds. The molecule has 0 aliphatic carbocycles. The number of carbonyl (C=O) groups excluding carboxylic acids is 5. The summed E-state index contributed by atoms with van der Waals surface area (Å²) in [6.07, 6.45) is 0.436. The third kappa shape index (κ3) is 9.94. The maximum Gasteiger partial charge on any atom is 0.377 e. The molecule has 0 spiro atoms. The van der Waals surface area contributed by atoms with Crippen LogP contribution < -0.4 is 14.2 Å². The number of benzene rings is 3. The SMILES string of the molecule is C=C(C)C(=O)OCOc1ccc(C(=O)Oc2ccc(CCOC(=O)c3ccc(OCOC(=O)C(C)=O)cc3)cc2)cc1. The van der Waals surface area contributed by atoms with Crippen molar-refractivity contribution in [2.45, 2.75) is 20.3 Å². The highest BCUT2D eigenvalue weighted by Crippen LogP contribution is 2.18. The molecule has 0 heterocycles. The number of carbonyl (C=O) groups is 5. The maximum atomic E-state index is 12.5. The lowest BCUT2D eigenvalue weighted by molar-refractivity contribution is -0.157. The number of hydrogen-bond donors (Lipinski definition) is 0. The minimum Gasteiger partial charge on any atom is -0.462 e. The summed E-state index contributed by atoms with van der Waals surface area (Å²) in [5.41, 5.74) is 1.72. The molecule has 3 aromatic rings. The summed E-state index contributed by atoms with van der Waals surface area (Å²) in [6, 6.07) is 18.9. The molecular weight excluding hydrogens is 548 g/mol. The summed E-state index contributed by atoms with van der Waals surface area (Å²) in [5.74, 6) is -2.30. The molecule has 0 bridgehead atoms. The van der Waals surface area contributed by atoms with Crippen LogP contribution in [0.5, 0.6) is 17.2 Å². The topological polar surface area (TPSA) is 141 Å². The van der Waals surface area contributed by atoms with Gasteiger partial charge in [0.05, 0.1) is 17.7 Å². The van der Waals surface area contributed by atoms with Crippen molar-refractivity contribution in [3.63, 3.8) is 0 Å². The van der Waals surface area contributed by atoms with Gasteiger partial charge in [-0.15, -0.1) is 0 Å². The first-order valence-corrected chi connectivity index (χ1v) is 12.6. The van der Waals surface area contributed by atoms with Crippen LogP contribution in [-0.2, 0) is 35.0 Å². The molecule has 0 atom stereocenters. The van der Waals surface area contributed by atoms with Crippen LogP contribution in [0.4, 0.5) is 0 Å². The molecule has 0 N–H and O–H groups in total. The molecule has 3 aromatic carbocycles. The van der Waals surface area contributed by atoms with Crippen LogP contribution in [0.25, 0.3) is 0 Å². The number of rotatable bonds is 14. The highest BCUT2D eigenvalue weighted by Gasteiger charge is 2.12. The van der Waals surface area contributed by atoms with E-state index in [1.54, 1.807) is 36.4 Å². The Labute approximate surface area is 241 Å². The minimum atomic E-state index is -0.998. The predicted molar refractivity (Wildman–Crippen MR) is 147 cm³/mol. The molecular formula is C31H28O11. The first-order valence-electron chi connectivity index (χ1n) is 12.6. The van der Waals surface area contributed by atoms with Crippen molar-refractivity contribution < 1.29 is 52.4 Å². The van der Waals surface area contributed by atoms with Crippen molar-refractivity contribution in [1.29, 1.82) is 0 Å². The molecule has 0 fully saturated rings. The van der Waals surface area contributed by atoms with E-state index in [-0.39, 0.29) is 19.0 Å². The summed E-state index contributed by atoms with van der Waals surface area (Å²) in [6.45, 7) is 5.51. The lowest BCUT2D eigenvalue weighted by Crippen LogP contribution is -2.17. The molecule has 0 unspecified atom stereocenters. The molecule has 11 nitrogen and oxygen atoms in total. The third-order valence-corrected chi connectivity index (χ3v) is 5.40. The number of hydrogen-bond acceptors (Lipinski definition) is 11. The normalized spacial score (nSPS) is 10.1. The molecule has 11 heteroatoms. The molecule has 0 saturated heterocycles. The minimum absolute atomic E-state index is 0.123. The second-order valence-electron chi connectivity index (χ2n) is 8.69. The van der Waals surface area contributed by atoms with Crippen LogP contribution in [0, 0.1) is 0 Å².